The fraction of sp³-hybridized carbons (Fsp3) is 0.727. The van der Waals surface area contributed by atoms with E-state index in [9.17, 15) is 14.7 Å². The summed E-state index contributed by atoms with van der Waals surface area (Å²) in [5, 5.41) is 10.7. The lowest BCUT2D eigenvalue weighted by atomic mass is 9.82. The predicted octanol–water partition coefficient (Wildman–Crippen LogP) is 3.22. The zero-order valence-electron chi connectivity index (χ0n) is 17.3. The smallest absolute Gasteiger partial charge is 0.334 e. The molecule has 28 heavy (non-hydrogen) atoms. The van der Waals surface area contributed by atoms with Crippen molar-refractivity contribution in [1.29, 1.82) is 0 Å². The van der Waals surface area contributed by atoms with Crippen LogP contribution in [0, 0.1) is 5.92 Å². The molecule has 2 bridgehead atoms. The molecule has 1 aliphatic carbocycles. The lowest BCUT2D eigenvalue weighted by Gasteiger charge is -2.36. The van der Waals surface area contributed by atoms with Crippen molar-refractivity contribution < 1.29 is 28.9 Å². The Hall–Kier alpha value is -1.66. The van der Waals surface area contributed by atoms with E-state index in [1.165, 1.54) is 6.92 Å². The summed E-state index contributed by atoms with van der Waals surface area (Å²) in [5.74, 6) is -0.890. The summed E-state index contributed by atoms with van der Waals surface area (Å²) in [6, 6.07) is 0. The summed E-state index contributed by atoms with van der Waals surface area (Å²) in [6.07, 6.45) is 6.59. The van der Waals surface area contributed by atoms with Crippen LogP contribution in [-0.2, 0) is 23.8 Å². The molecule has 3 rings (SSSR count). The fourth-order valence-corrected chi connectivity index (χ4v) is 4.39. The second kappa shape index (κ2) is 7.30. The first kappa shape index (κ1) is 21.1. The number of ether oxygens (including phenoxy) is 3. The van der Waals surface area contributed by atoms with Crippen molar-refractivity contribution in [2.75, 3.05) is 0 Å². The largest absolute Gasteiger partial charge is 0.458 e. The van der Waals surface area contributed by atoms with Crippen LogP contribution in [0.15, 0.2) is 24.3 Å². The van der Waals surface area contributed by atoms with Gasteiger partial charge in [-0.15, -0.1) is 0 Å². The number of carbonyl (C=O) groups is 2. The molecule has 2 fully saturated rings. The molecule has 6 atom stereocenters. The topological polar surface area (TPSA) is 85.4 Å². The summed E-state index contributed by atoms with van der Waals surface area (Å²) >= 11 is 0. The van der Waals surface area contributed by atoms with Crippen LogP contribution in [0.3, 0.4) is 0 Å². The molecule has 6 heteroatoms. The molecule has 0 aromatic heterocycles. The van der Waals surface area contributed by atoms with E-state index in [1.54, 1.807) is 13.0 Å². The average Bonchev–Trinajstić information content (AvgIpc) is 3.24. The summed E-state index contributed by atoms with van der Waals surface area (Å²) in [6.45, 7) is 10.9. The van der Waals surface area contributed by atoms with Crippen LogP contribution in [0.4, 0.5) is 0 Å². The van der Waals surface area contributed by atoms with E-state index in [4.69, 9.17) is 14.2 Å². The van der Waals surface area contributed by atoms with Crippen molar-refractivity contribution in [2.45, 2.75) is 95.2 Å². The van der Waals surface area contributed by atoms with Gasteiger partial charge in [0.25, 0.3) is 0 Å². The van der Waals surface area contributed by atoms with Crippen LogP contribution in [0.5, 0.6) is 0 Å². The first-order valence-corrected chi connectivity index (χ1v) is 10.1. The molecule has 0 spiro atoms. The first-order chi connectivity index (χ1) is 12.9. The molecule has 1 N–H and O–H groups in total. The molecule has 2 saturated heterocycles. The van der Waals surface area contributed by atoms with E-state index in [0.717, 1.165) is 0 Å². The van der Waals surface area contributed by atoms with E-state index >= 15 is 0 Å². The summed E-state index contributed by atoms with van der Waals surface area (Å²) in [4.78, 5) is 24.4. The van der Waals surface area contributed by atoms with E-state index < -0.39 is 29.2 Å². The zero-order chi connectivity index (χ0) is 20.7. The van der Waals surface area contributed by atoms with Crippen LogP contribution in [-0.4, -0.2) is 46.1 Å². The van der Waals surface area contributed by atoms with Gasteiger partial charge in [0, 0.05) is 12.5 Å². The Morgan fingerprint density at radius 1 is 1.25 bits per heavy atom. The normalized spacial score (nSPS) is 45.2. The highest BCUT2D eigenvalue weighted by atomic mass is 16.6. The summed E-state index contributed by atoms with van der Waals surface area (Å²) in [5.41, 5.74) is -1.82. The third-order valence-corrected chi connectivity index (χ3v) is 6.51. The first-order valence-electron chi connectivity index (χ1n) is 10.1. The van der Waals surface area contributed by atoms with Gasteiger partial charge < -0.3 is 19.3 Å². The maximum atomic E-state index is 12.7. The summed E-state index contributed by atoms with van der Waals surface area (Å²) < 4.78 is 17.3. The molecule has 2 aliphatic heterocycles. The quantitative estimate of drug-likeness (QED) is 0.319. The van der Waals surface area contributed by atoms with Crippen LogP contribution >= 0.6 is 0 Å². The molecule has 0 saturated carbocycles. The van der Waals surface area contributed by atoms with Crippen molar-refractivity contribution in [1.82, 2.24) is 0 Å². The predicted molar refractivity (Wildman–Crippen MR) is 103 cm³/mol. The van der Waals surface area contributed by atoms with Crippen LogP contribution in [0.25, 0.3) is 0 Å². The number of hydrogen-bond donors (Lipinski definition) is 1. The maximum absolute atomic E-state index is 12.7. The van der Waals surface area contributed by atoms with Crippen LogP contribution < -0.4 is 0 Å². The highest BCUT2D eigenvalue weighted by Gasteiger charge is 2.53. The van der Waals surface area contributed by atoms with Crippen LogP contribution in [0.1, 0.15) is 66.2 Å². The zero-order valence-corrected chi connectivity index (χ0v) is 17.3. The van der Waals surface area contributed by atoms with Gasteiger partial charge in [-0.2, -0.15) is 0 Å². The maximum Gasteiger partial charge on any atom is 0.334 e. The molecular weight excluding hydrogens is 360 g/mol. The minimum atomic E-state index is -1.06. The number of hydrogen-bond acceptors (Lipinski definition) is 6. The minimum absolute atomic E-state index is 0.0193. The van der Waals surface area contributed by atoms with Gasteiger partial charge in [-0.25, -0.2) is 4.79 Å². The van der Waals surface area contributed by atoms with Gasteiger partial charge >= 0.3 is 11.9 Å². The Balaban J connectivity index is 1.93. The molecule has 0 aromatic rings. The van der Waals surface area contributed by atoms with Crippen LogP contribution in [0.2, 0.25) is 0 Å². The number of rotatable bonds is 1. The van der Waals surface area contributed by atoms with E-state index in [-0.39, 0.29) is 17.6 Å². The van der Waals surface area contributed by atoms with Gasteiger partial charge in [-0.05, 0) is 65.2 Å². The molecule has 3 aliphatic rings. The molecule has 0 amide bonds. The molecule has 0 radical (unpaired) electrons. The van der Waals surface area contributed by atoms with Crippen molar-refractivity contribution in [2.24, 2.45) is 5.92 Å². The average molecular weight is 392 g/mol. The van der Waals surface area contributed by atoms with E-state index in [1.807, 2.05) is 13.0 Å². The minimum Gasteiger partial charge on any atom is -0.458 e. The standard InChI is InChI=1S/C22H32O6/c1-14-16-7-12-22(5,28-19(14)24)17(26-15(2)23)8-11-20(3,25)9-6-10-21(4)18(13-16)27-21/h6,9,16-18,25H,1,7-8,10-13H2,2-5H3/b9-6-/t16-,17+,18+,20+,21+,22-/m1/s1. The lowest BCUT2D eigenvalue weighted by molar-refractivity contribution is -0.181. The monoisotopic (exact) mass is 392 g/mol. The molecule has 0 unspecified atom stereocenters. The molecule has 6 nitrogen and oxygen atoms in total. The van der Waals surface area contributed by atoms with E-state index in [0.29, 0.717) is 44.1 Å². The van der Waals surface area contributed by atoms with Crippen molar-refractivity contribution in [3.63, 3.8) is 0 Å². The van der Waals surface area contributed by atoms with Gasteiger partial charge in [0.1, 0.15) is 11.7 Å². The Morgan fingerprint density at radius 2 is 1.96 bits per heavy atom. The van der Waals surface area contributed by atoms with Crippen molar-refractivity contribution in [3.8, 4) is 0 Å². The number of carbonyl (C=O) groups excluding carboxylic acids is 2. The highest BCUT2D eigenvalue weighted by Crippen LogP contribution is 2.47. The highest BCUT2D eigenvalue weighted by molar-refractivity contribution is 5.89. The Morgan fingerprint density at radius 3 is 2.64 bits per heavy atom. The molecule has 156 valence electrons. The van der Waals surface area contributed by atoms with E-state index in [2.05, 4.69) is 13.5 Å². The van der Waals surface area contributed by atoms with Gasteiger partial charge in [0.05, 0.1) is 17.3 Å². The Labute approximate surface area is 166 Å². The van der Waals surface area contributed by atoms with Crippen molar-refractivity contribution >= 4 is 11.9 Å². The molecule has 0 aromatic carbocycles. The Kier molecular flexibility index (Phi) is 5.49. The third-order valence-electron chi connectivity index (χ3n) is 6.51. The second-order valence-electron chi connectivity index (χ2n) is 9.22. The van der Waals surface area contributed by atoms with Crippen molar-refractivity contribution in [3.05, 3.63) is 24.3 Å². The number of esters is 2. The Bertz CT molecular complexity index is 695. The fourth-order valence-electron chi connectivity index (χ4n) is 4.39. The van der Waals surface area contributed by atoms with Gasteiger partial charge in [0.2, 0.25) is 0 Å². The number of aliphatic hydroxyl groups is 1. The SMILES string of the molecule is C=C1C(=O)O[C@]2(C)CC[C@@H]1C[C@@H]1O[C@@]1(C)C/C=C\[C@](C)(O)CC[C@@H]2OC(C)=O. The summed E-state index contributed by atoms with van der Waals surface area (Å²) in [7, 11) is 0. The van der Waals surface area contributed by atoms with Gasteiger partial charge in [-0.3, -0.25) is 4.79 Å². The molecule has 2 heterocycles. The number of fused-ring (bicyclic) bond motifs is 4. The van der Waals surface area contributed by atoms with Gasteiger partial charge in [0.15, 0.2) is 0 Å². The second-order valence-corrected chi connectivity index (χ2v) is 9.22. The third kappa shape index (κ3) is 4.49. The van der Waals surface area contributed by atoms with Gasteiger partial charge in [-0.1, -0.05) is 18.7 Å². The molecular formula is C22H32O6. The number of epoxide rings is 1. The lowest BCUT2D eigenvalue weighted by Crippen LogP contribution is -2.46.